The second-order valence-electron chi connectivity index (χ2n) is 12.5. The average Bonchev–Trinajstić information content (AvgIpc) is 3.47. The summed E-state index contributed by atoms with van der Waals surface area (Å²) >= 11 is 10.2. The number of hydrogen-bond acceptors (Lipinski definition) is 13. The van der Waals surface area contributed by atoms with E-state index in [0.29, 0.717) is 0 Å². The Balaban J connectivity index is 1.09. The molecule has 0 aromatic rings. The van der Waals surface area contributed by atoms with Crippen molar-refractivity contribution >= 4 is 29.7 Å². The highest BCUT2D eigenvalue weighted by molar-refractivity contribution is 8.60. The van der Waals surface area contributed by atoms with Gasteiger partial charge in [-0.3, -0.25) is 0 Å². The number of fused-ring (bicyclic) bond motifs is 6. The van der Waals surface area contributed by atoms with Gasteiger partial charge < -0.3 is 56.4 Å². The highest BCUT2D eigenvalue weighted by Crippen LogP contribution is 2.55. The lowest BCUT2D eigenvalue weighted by atomic mass is 9.99. The van der Waals surface area contributed by atoms with Gasteiger partial charge in [0.1, 0.15) is 48.8 Å². The minimum absolute atomic E-state index is 0.0639. The van der Waals surface area contributed by atoms with Crippen molar-refractivity contribution in [1.82, 2.24) is 0 Å². The van der Waals surface area contributed by atoms with Crippen molar-refractivity contribution < 1.29 is 56.4 Å². The monoisotopic (exact) mass is 614 g/mol. The minimum atomic E-state index is -3.04. The number of rotatable bonds is 6. The smallest absolute Gasteiger partial charge is 0.244 e. The first kappa shape index (κ1) is 29.6. The SMILES string of the molecule is CC1(C)O[C@H]2[C@@H](O1)[C@@H](COP(=S)(S)OC[C@H]1O[C@@H]3OC(C)(C)O[C@@H]3[C@H]3OC(C)(C)O[C@H]31)O[C@@H]1OC(C)(C)O[C@@H]12. The molecule has 0 saturated carbocycles. The van der Waals surface area contributed by atoms with Crippen LogP contribution in [0.5, 0.6) is 0 Å². The molecule has 6 saturated heterocycles. The summed E-state index contributed by atoms with van der Waals surface area (Å²) in [7, 11) is 0. The third kappa shape index (κ3) is 6.00. The molecule has 10 atom stereocenters. The summed E-state index contributed by atoms with van der Waals surface area (Å²) in [6.07, 6.45) is -4.88. The molecule has 0 radical (unpaired) electrons. The molecule has 6 heterocycles. The molecule has 224 valence electrons. The van der Waals surface area contributed by atoms with Crippen molar-refractivity contribution in [3.8, 4) is 0 Å². The third-order valence-electron chi connectivity index (χ3n) is 7.31. The predicted molar refractivity (Wildman–Crippen MR) is 140 cm³/mol. The van der Waals surface area contributed by atoms with Gasteiger partial charge in [0.05, 0.1) is 13.2 Å². The van der Waals surface area contributed by atoms with Crippen molar-refractivity contribution in [2.24, 2.45) is 0 Å². The second kappa shape index (κ2) is 9.76. The third-order valence-corrected chi connectivity index (χ3v) is 9.58. The molecule has 6 fully saturated rings. The van der Waals surface area contributed by atoms with Gasteiger partial charge in [0.15, 0.2) is 35.7 Å². The fourth-order valence-electron chi connectivity index (χ4n) is 6.03. The topological polar surface area (TPSA) is 111 Å². The summed E-state index contributed by atoms with van der Waals surface area (Å²) in [6, 6.07) is 0. The Morgan fingerprint density at radius 2 is 0.846 bits per heavy atom. The Morgan fingerprint density at radius 1 is 0.538 bits per heavy atom. The average molecular weight is 615 g/mol. The van der Waals surface area contributed by atoms with Crippen molar-refractivity contribution in [2.75, 3.05) is 13.2 Å². The van der Waals surface area contributed by atoms with Crippen LogP contribution in [-0.4, -0.2) is 97.8 Å². The summed E-state index contributed by atoms with van der Waals surface area (Å²) in [5, 5.41) is 0. The molecule has 39 heavy (non-hydrogen) atoms. The van der Waals surface area contributed by atoms with Crippen LogP contribution in [0.1, 0.15) is 55.4 Å². The Morgan fingerprint density at radius 3 is 1.23 bits per heavy atom. The van der Waals surface area contributed by atoms with Crippen LogP contribution >= 0.6 is 17.9 Å². The van der Waals surface area contributed by atoms with E-state index in [2.05, 4.69) is 12.2 Å². The molecular formula is C24H39O12PS2. The van der Waals surface area contributed by atoms with Gasteiger partial charge in [-0.25, -0.2) is 0 Å². The van der Waals surface area contributed by atoms with Gasteiger partial charge in [-0.05, 0) is 67.2 Å². The molecule has 0 amide bonds. The maximum absolute atomic E-state index is 6.20. The highest BCUT2D eigenvalue weighted by Gasteiger charge is 2.62. The molecule has 12 nitrogen and oxygen atoms in total. The quantitative estimate of drug-likeness (QED) is 0.350. The molecule has 0 aromatic heterocycles. The van der Waals surface area contributed by atoms with Crippen LogP contribution in [0.25, 0.3) is 0 Å². The molecule has 6 aliphatic rings. The Hall–Kier alpha value is 0.520. The zero-order chi connectivity index (χ0) is 28.2. The normalized spacial score (nSPS) is 46.9. The summed E-state index contributed by atoms with van der Waals surface area (Å²) < 4.78 is 73.1. The van der Waals surface area contributed by atoms with E-state index in [0.717, 1.165) is 0 Å². The van der Waals surface area contributed by atoms with Gasteiger partial charge >= 0.3 is 0 Å². The fraction of sp³-hybridized carbons (Fsp3) is 1.00. The Bertz CT molecular complexity index is 936. The molecule has 0 spiro atoms. The maximum atomic E-state index is 6.20. The van der Waals surface area contributed by atoms with E-state index in [1.807, 2.05) is 55.4 Å². The van der Waals surface area contributed by atoms with Crippen molar-refractivity contribution in [3.05, 3.63) is 0 Å². The maximum Gasteiger partial charge on any atom is 0.244 e. The number of ether oxygens (including phenoxy) is 10. The van der Waals surface area contributed by atoms with Gasteiger partial charge in [0, 0.05) is 0 Å². The van der Waals surface area contributed by atoms with Gasteiger partial charge in [0.2, 0.25) is 5.69 Å². The van der Waals surface area contributed by atoms with Crippen LogP contribution in [0.15, 0.2) is 0 Å². The zero-order valence-corrected chi connectivity index (χ0v) is 26.0. The first-order chi connectivity index (χ1) is 17.9. The summed E-state index contributed by atoms with van der Waals surface area (Å²) in [5.74, 6) is -3.25. The molecule has 6 aliphatic heterocycles. The lowest BCUT2D eigenvalue weighted by molar-refractivity contribution is -0.240. The van der Waals surface area contributed by atoms with Crippen molar-refractivity contribution in [1.29, 1.82) is 0 Å². The van der Waals surface area contributed by atoms with Crippen molar-refractivity contribution in [3.63, 3.8) is 0 Å². The molecule has 6 rings (SSSR count). The second-order valence-corrected chi connectivity index (χ2v) is 17.8. The number of thiol groups is 1. The molecular weight excluding hydrogens is 575 g/mol. The summed E-state index contributed by atoms with van der Waals surface area (Å²) in [6.45, 7) is 14.9. The molecule has 0 N–H and O–H groups in total. The minimum Gasteiger partial charge on any atom is -0.342 e. The highest BCUT2D eigenvalue weighted by atomic mass is 32.9. The van der Waals surface area contributed by atoms with Crippen LogP contribution in [0.4, 0.5) is 0 Å². The first-order valence-corrected chi connectivity index (χ1v) is 17.1. The van der Waals surface area contributed by atoms with E-state index in [9.17, 15) is 0 Å². The van der Waals surface area contributed by atoms with Crippen LogP contribution in [0.2, 0.25) is 0 Å². The number of hydrogen-bond donors (Lipinski definition) is 1. The zero-order valence-electron chi connectivity index (χ0n) is 23.4. The lowest BCUT2D eigenvalue weighted by Gasteiger charge is -2.38. The molecule has 0 aliphatic carbocycles. The lowest BCUT2D eigenvalue weighted by Crippen LogP contribution is -2.56. The largest absolute Gasteiger partial charge is 0.342 e. The molecule has 15 heteroatoms. The summed E-state index contributed by atoms with van der Waals surface area (Å²) in [5.41, 5.74) is -3.04. The van der Waals surface area contributed by atoms with Crippen LogP contribution < -0.4 is 0 Å². The van der Waals surface area contributed by atoms with E-state index >= 15 is 0 Å². The van der Waals surface area contributed by atoms with Gasteiger partial charge in [0.25, 0.3) is 0 Å². The van der Waals surface area contributed by atoms with E-state index in [-0.39, 0.29) is 13.2 Å². The molecule has 0 unspecified atom stereocenters. The molecule has 0 bridgehead atoms. The van der Waals surface area contributed by atoms with E-state index < -0.39 is 90.3 Å². The summed E-state index contributed by atoms with van der Waals surface area (Å²) in [4.78, 5) is 0. The van der Waals surface area contributed by atoms with E-state index in [1.165, 1.54) is 0 Å². The fourth-order valence-corrected chi connectivity index (χ4v) is 7.54. The predicted octanol–water partition coefficient (Wildman–Crippen LogP) is 2.97. The standard InChI is InChI=1S/C24H39O12PS2/c1-21(2)29-13-11(27-19-17(15(13)31-21)33-23(5,6)35-19)9-25-37(38,39)26-10-12-14-16(32-22(3,4)30-14)18-20(28-12)36-24(7,8)34-18/h11-20H,9-10H2,1-8H3,(H,38,39)/t11-,12-,13+,14+,15+,16+,17-,18-,19-,20-/m1/s1. The van der Waals surface area contributed by atoms with Gasteiger partial charge in [-0.2, -0.15) is 0 Å². The molecule has 0 aromatic carbocycles. The van der Waals surface area contributed by atoms with Crippen LogP contribution in [0, 0.1) is 0 Å². The van der Waals surface area contributed by atoms with Crippen molar-refractivity contribution in [2.45, 2.75) is 140 Å². The van der Waals surface area contributed by atoms with Gasteiger partial charge in [-0.15, -0.1) is 0 Å². The Labute approximate surface area is 239 Å². The first-order valence-electron chi connectivity index (χ1n) is 13.3. The van der Waals surface area contributed by atoms with Gasteiger partial charge in [-0.1, -0.05) is 12.2 Å². The van der Waals surface area contributed by atoms with E-state index in [1.54, 1.807) is 0 Å². The van der Waals surface area contributed by atoms with Crippen LogP contribution in [-0.2, 0) is 68.2 Å². The van der Waals surface area contributed by atoms with E-state index in [4.69, 9.17) is 68.2 Å². The Kier molecular flexibility index (Phi) is 7.41. The van der Waals surface area contributed by atoms with Crippen LogP contribution in [0.3, 0.4) is 0 Å².